The zero-order valence-corrected chi connectivity index (χ0v) is 27.4. The average Bonchev–Trinajstić information content (AvgIpc) is 3.18. The molecule has 0 spiro atoms. The number of aromatic nitrogens is 3. The van der Waals surface area contributed by atoms with Gasteiger partial charge < -0.3 is 0 Å². The lowest BCUT2D eigenvalue weighted by molar-refractivity contribution is 1.08. The van der Waals surface area contributed by atoms with E-state index < -0.39 is 0 Å². The van der Waals surface area contributed by atoms with Gasteiger partial charge in [0.05, 0.1) is 0 Å². The minimum atomic E-state index is 0.0978. The lowest BCUT2D eigenvalue weighted by atomic mass is 9.59. The first-order chi connectivity index (χ1) is 24.7. The van der Waals surface area contributed by atoms with Crippen molar-refractivity contribution in [3.8, 4) is 56.4 Å². The Morgan fingerprint density at radius 3 is 1.35 bits per heavy atom. The number of hydrogen-bond donors (Lipinski definition) is 0. The van der Waals surface area contributed by atoms with E-state index in [1.54, 1.807) is 0 Å². The monoisotopic (exact) mass is 631 g/mol. The molecule has 0 aliphatic carbocycles. The topological polar surface area (TPSA) is 38.7 Å². The highest BCUT2D eigenvalue weighted by molar-refractivity contribution is 6.71. The van der Waals surface area contributed by atoms with Crippen LogP contribution in [0, 0.1) is 0 Å². The second-order valence-corrected chi connectivity index (χ2v) is 12.3. The largest absolute Gasteiger partial charge is 0.208 e. The second-order valence-electron chi connectivity index (χ2n) is 12.3. The van der Waals surface area contributed by atoms with Crippen LogP contribution in [0.5, 0.6) is 0 Å². The summed E-state index contributed by atoms with van der Waals surface area (Å²) in [5.41, 5.74) is 7.08. The highest BCUT2D eigenvalue weighted by Gasteiger charge is 2.22. The summed E-state index contributed by atoms with van der Waals surface area (Å²) in [6.45, 7) is 0. The molecule has 220 valence electrons. The molecule has 51 heavy (non-hydrogen) atoms. The first kappa shape index (κ1) is 32.7. The summed E-state index contributed by atoms with van der Waals surface area (Å²) < 4.78 is 0. The SMILES string of the molecule is [B]c1c([B])c([B])c2c(-c3nc(-c4ccccc4)nc(-c4cccc(-c5ccc(-c6ccccc6)c6ccccc56)c4)n3)c([B])c([B])c([B])c2c1[B]. The van der Waals surface area contributed by atoms with Gasteiger partial charge in [-0.3, -0.25) is 0 Å². The van der Waals surface area contributed by atoms with Crippen LogP contribution >= 0.6 is 0 Å². The Morgan fingerprint density at radius 1 is 0.314 bits per heavy atom. The lowest BCUT2D eigenvalue weighted by Gasteiger charge is -2.25. The van der Waals surface area contributed by atoms with Gasteiger partial charge in [-0.15, -0.1) is 16.4 Å². The van der Waals surface area contributed by atoms with Gasteiger partial charge in [0.1, 0.15) is 54.9 Å². The normalized spacial score (nSPS) is 11.3. The molecule has 0 unspecified atom stereocenters. The second kappa shape index (κ2) is 13.0. The van der Waals surface area contributed by atoms with E-state index in [-0.39, 0.29) is 44.1 Å². The summed E-state index contributed by atoms with van der Waals surface area (Å²) in [5.74, 6) is 1.03. The summed E-state index contributed by atoms with van der Waals surface area (Å²) in [4.78, 5) is 14.8. The number of hydrogen-bond acceptors (Lipinski definition) is 3. The highest BCUT2D eigenvalue weighted by Crippen LogP contribution is 2.37. The zero-order chi connectivity index (χ0) is 35.4. The Bertz CT molecular complexity index is 2660. The zero-order valence-electron chi connectivity index (χ0n) is 27.4. The predicted molar refractivity (Wildman–Crippen MR) is 220 cm³/mol. The lowest BCUT2D eigenvalue weighted by Crippen LogP contribution is -2.52. The number of rotatable bonds is 5. The molecule has 14 radical (unpaired) electrons. The van der Waals surface area contributed by atoms with Crippen LogP contribution in [0.3, 0.4) is 0 Å². The van der Waals surface area contributed by atoms with Gasteiger partial charge in [0.15, 0.2) is 17.5 Å². The van der Waals surface area contributed by atoms with Gasteiger partial charge in [-0.2, -0.15) is 0 Å². The Hall–Kier alpha value is -5.48. The Kier molecular flexibility index (Phi) is 8.34. The van der Waals surface area contributed by atoms with Gasteiger partial charge in [0.2, 0.25) is 0 Å². The Labute approximate surface area is 306 Å². The molecule has 0 saturated carbocycles. The van der Waals surface area contributed by atoms with Crippen molar-refractivity contribution in [2.45, 2.75) is 0 Å². The standard InChI is InChI=1S/C41H20B7N3/c42-32-29-30(34(44)38(48)37(32)47)33(43)36(46)35(45)31(29)41-50-39(22-12-5-2-6-13-22)49-40(51-41)24-15-9-14-23(20-24)26-19-18-25(21-10-3-1-4-11-21)27-16-7-8-17-28(26)27/h1-20H. The third kappa shape index (κ3) is 5.54. The Balaban J connectivity index is 1.37. The van der Waals surface area contributed by atoms with E-state index >= 15 is 0 Å². The van der Waals surface area contributed by atoms with Crippen molar-refractivity contribution >= 4 is 115 Å². The van der Waals surface area contributed by atoms with Crippen LogP contribution < -0.4 is 38.2 Å². The molecule has 0 aliphatic rings. The van der Waals surface area contributed by atoms with Crippen molar-refractivity contribution in [3.63, 3.8) is 0 Å². The summed E-state index contributed by atoms with van der Waals surface area (Å²) >= 11 is 0. The maximum atomic E-state index is 6.70. The summed E-state index contributed by atoms with van der Waals surface area (Å²) in [6, 6.07) is 40.8. The third-order valence-corrected chi connectivity index (χ3v) is 9.36. The fourth-order valence-corrected chi connectivity index (χ4v) is 6.73. The van der Waals surface area contributed by atoms with E-state index in [0.717, 1.165) is 44.2 Å². The van der Waals surface area contributed by atoms with E-state index in [9.17, 15) is 0 Å². The van der Waals surface area contributed by atoms with Gasteiger partial charge in [-0.25, -0.2) is 15.0 Å². The van der Waals surface area contributed by atoms with E-state index in [4.69, 9.17) is 69.9 Å². The van der Waals surface area contributed by atoms with Crippen molar-refractivity contribution in [1.82, 2.24) is 15.0 Å². The Morgan fingerprint density at radius 2 is 0.745 bits per heavy atom. The summed E-state index contributed by atoms with van der Waals surface area (Å²) in [7, 11) is 45.3. The highest BCUT2D eigenvalue weighted by atomic mass is 15.0. The molecule has 0 amide bonds. The molecule has 8 aromatic rings. The van der Waals surface area contributed by atoms with E-state index in [1.165, 1.54) is 0 Å². The fourth-order valence-electron chi connectivity index (χ4n) is 6.73. The fraction of sp³-hybridized carbons (Fsp3) is 0. The molecular weight excluding hydrogens is 610 g/mol. The van der Waals surface area contributed by atoms with Crippen molar-refractivity contribution < 1.29 is 0 Å². The first-order valence-electron chi connectivity index (χ1n) is 16.2. The van der Waals surface area contributed by atoms with E-state index in [0.29, 0.717) is 28.0 Å². The molecule has 0 N–H and O–H groups in total. The van der Waals surface area contributed by atoms with Crippen molar-refractivity contribution in [1.29, 1.82) is 0 Å². The van der Waals surface area contributed by atoms with Crippen LogP contribution in [0.2, 0.25) is 0 Å². The van der Waals surface area contributed by atoms with Crippen LogP contribution in [-0.2, 0) is 0 Å². The number of nitrogens with zero attached hydrogens (tertiary/aromatic N) is 3. The molecular formula is C41H20B7N3. The van der Waals surface area contributed by atoms with Crippen molar-refractivity contribution in [2.24, 2.45) is 0 Å². The molecule has 0 saturated heterocycles. The number of fused-ring (bicyclic) bond motifs is 2. The van der Waals surface area contributed by atoms with Gasteiger partial charge in [-0.1, -0.05) is 137 Å². The summed E-state index contributed by atoms with van der Waals surface area (Å²) in [5, 5.41) is 2.97. The van der Waals surface area contributed by atoms with Crippen LogP contribution in [0.15, 0.2) is 121 Å². The van der Waals surface area contributed by atoms with E-state index in [1.807, 2.05) is 48.5 Å². The molecule has 1 heterocycles. The maximum absolute atomic E-state index is 6.70. The van der Waals surface area contributed by atoms with Crippen LogP contribution in [0.25, 0.3) is 78.0 Å². The molecule has 1 aromatic heterocycles. The molecule has 10 heteroatoms. The molecule has 8 rings (SSSR count). The van der Waals surface area contributed by atoms with Gasteiger partial charge >= 0.3 is 0 Å². The molecule has 0 fully saturated rings. The van der Waals surface area contributed by atoms with Gasteiger partial charge in [0.25, 0.3) is 0 Å². The molecule has 0 aliphatic heterocycles. The van der Waals surface area contributed by atoms with Crippen molar-refractivity contribution in [2.75, 3.05) is 0 Å². The first-order valence-corrected chi connectivity index (χ1v) is 16.2. The third-order valence-electron chi connectivity index (χ3n) is 9.36. The van der Waals surface area contributed by atoms with Crippen molar-refractivity contribution in [3.05, 3.63) is 121 Å². The average molecular weight is 630 g/mol. The minimum Gasteiger partial charge on any atom is -0.208 e. The molecule has 0 atom stereocenters. The minimum absolute atomic E-state index is 0.0978. The van der Waals surface area contributed by atoms with E-state index in [2.05, 4.69) is 72.8 Å². The van der Waals surface area contributed by atoms with Gasteiger partial charge in [-0.05, 0) is 49.9 Å². The predicted octanol–water partition coefficient (Wildman–Crippen LogP) is 2.07. The van der Waals surface area contributed by atoms with Crippen LogP contribution in [-0.4, -0.2) is 69.9 Å². The smallest absolute Gasteiger partial charge is 0.164 e. The van der Waals surface area contributed by atoms with Crippen LogP contribution in [0.1, 0.15) is 0 Å². The molecule has 0 bridgehead atoms. The van der Waals surface area contributed by atoms with Crippen LogP contribution in [0.4, 0.5) is 0 Å². The molecule has 7 aromatic carbocycles. The summed E-state index contributed by atoms with van der Waals surface area (Å²) in [6.07, 6.45) is 0. The maximum Gasteiger partial charge on any atom is 0.164 e. The number of benzene rings is 7. The quantitative estimate of drug-likeness (QED) is 0.274. The molecule has 3 nitrogen and oxygen atoms in total. The van der Waals surface area contributed by atoms with Gasteiger partial charge in [0, 0.05) is 16.7 Å².